The van der Waals surface area contributed by atoms with Gasteiger partial charge in [-0.05, 0) is 73.6 Å². The molecule has 2 N–H and O–H groups in total. The Labute approximate surface area is 208 Å². The highest BCUT2D eigenvalue weighted by molar-refractivity contribution is 5.98. The van der Waals surface area contributed by atoms with E-state index in [4.69, 9.17) is 5.73 Å². The van der Waals surface area contributed by atoms with Crippen molar-refractivity contribution in [2.45, 2.75) is 50.7 Å². The van der Waals surface area contributed by atoms with Crippen molar-refractivity contribution in [3.8, 4) is 28.3 Å². The molecule has 0 saturated carbocycles. The van der Waals surface area contributed by atoms with Crippen LogP contribution in [0.1, 0.15) is 47.2 Å². The summed E-state index contributed by atoms with van der Waals surface area (Å²) < 4.78 is 16.4. The number of fused-ring (bicyclic) bond motifs is 3. The number of nitriles is 1. The molecular weight excluding hydrogens is 455 g/mol. The number of nitrogens with zero attached hydrogens (tertiary/aromatic N) is 5. The molecule has 2 aliphatic rings. The zero-order valence-corrected chi connectivity index (χ0v) is 19.9. The summed E-state index contributed by atoms with van der Waals surface area (Å²) in [5.74, 6) is -0.621. The number of carbonyl (C=O) groups excluding carboxylic acids is 1. The second kappa shape index (κ2) is 8.54. The molecule has 2 aromatic carbocycles. The van der Waals surface area contributed by atoms with Crippen LogP contribution >= 0.6 is 0 Å². The van der Waals surface area contributed by atoms with Crippen LogP contribution in [0.15, 0.2) is 55.0 Å². The highest BCUT2D eigenvalue weighted by atomic mass is 19.1. The lowest BCUT2D eigenvalue weighted by Gasteiger charge is -2.38. The van der Waals surface area contributed by atoms with Gasteiger partial charge in [-0.1, -0.05) is 12.1 Å². The van der Waals surface area contributed by atoms with E-state index in [1.54, 1.807) is 23.0 Å². The van der Waals surface area contributed by atoms with Gasteiger partial charge in [0.25, 0.3) is 5.91 Å². The fraction of sp³-hybridized carbons (Fsp3) is 0.286. The maximum atomic E-state index is 14.6. The third-order valence-corrected chi connectivity index (χ3v) is 7.51. The number of aryl methyl sites for hydroxylation is 1. The number of hydrogen-bond donors (Lipinski definition) is 1. The number of benzene rings is 2. The third kappa shape index (κ3) is 3.64. The Hall–Kier alpha value is -4.09. The van der Waals surface area contributed by atoms with Crippen LogP contribution in [0.3, 0.4) is 0 Å². The number of rotatable bonds is 3. The van der Waals surface area contributed by atoms with E-state index in [-0.39, 0.29) is 29.6 Å². The first kappa shape index (κ1) is 22.4. The monoisotopic (exact) mass is 480 g/mol. The Morgan fingerprint density at radius 3 is 2.58 bits per heavy atom. The zero-order chi connectivity index (χ0) is 25.0. The van der Waals surface area contributed by atoms with Crippen LogP contribution in [0.2, 0.25) is 0 Å². The largest absolute Gasteiger partial charge is 0.333 e. The predicted molar refractivity (Wildman–Crippen MR) is 133 cm³/mol. The Balaban J connectivity index is 1.47. The van der Waals surface area contributed by atoms with E-state index in [2.05, 4.69) is 10.1 Å². The van der Waals surface area contributed by atoms with Crippen LogP contribution in [0.4, 0.5) is 4.39 Å². The van der Waals surface area contributed by atoms with Crippen molar-refractivity contribution < 1.29 is 9.18 Å². The molecule has 2 unspecified atom stereocenters. The molecule has 36 heavy (non-hydrogen) atoms. The van der Waals surface area contributed by atoms with Gasteiger partial charge in [-0.3, -0.25) is 4.79 Å². The van der Waals surface area contributed by atoms with E-state index >= 15 is 0 Å². The van der Waals surface area contributed by atoms with Gasteiger partial charge in [-0.2, -0.15) is 10.4 Å². The number of piperidine rings is 1. The zero-order valence-electron chi connectivity index (χ0n) is 19.9. The minimum atomic E-state index is -0.600. The SMILES string of the molecule is Cc1cnn2cc(-c3ccc(C(=O)N4C5CCC4CC(N)C5)cc3-c3ccc(C#N)c(F)c3)cnc12. The summed E-state index contributed by atoms with van der Waals surface area (Å²) in [6.07, 6.45) is 8.99. The molecule has 8 heteroatoms. The number of nitrogens with two attached hydrogens (primary N) is 1. The maximum absolute atomic E-state index is 14.6. The summed E-state index contributed by atoms with van der Waals surface area (Å²) in [5, 5.41) is 13.6. The number of aromatic nitrogens is 3. The van der Waals surface area contributed by atoms with Gasteiger partial charge in [-0.15, -0.1) is 0 Å². The summed E-state index contributed by atoms with van der Waals surface area (Å²) in [7, 11) is 0. The van der Waals surface area contributed by atoms with Gasteiger partial charge in [-0.25, -0.2) is 13.9 Å². The van der Waals surface area contributed by atoms with E-state index in [1.165, 1.54) is 12.1 Å². The van der Waals surface area contributed by atoms with Gasteiger partial charge in [0.2, 0.25) is 0 Å². The summed E-state index contributed by atoms with van der Waals surface area (Å²) in [6.45, 7) is 1.95. The first-order chi connectivity index (χ1) is 17.4. The Morgan fingerprint density at radius 1 is 1.08 bits per heavy atom. The molecule has 0 aliphatic carbocycles. The van der Waals surface area contributed by atoms with Crippen molar-refractivity contribution in [3.05, 3.63) is 77.5 Å². The second-order valence-electron chi connectivity index (χ2n) is 9.83. The summed E-state index contributed by atoms with van der Waals surface area (Å²) >= 11 is 0. The normalized spacial score (nSPS) is 21.1. The summed E-state index contributed by atoms with van der Waals surface area (Å²) in [4.78, 5) is 20.2. The third-order valence-electron chi connectivity index (χ3n) is 7.51. The predicted octanol–water partition coefficient (Wildman–Crippen LogP) is 4.48. The summed E-state index contributed by atoms with van der Waals surface area (Å²) in [6, 6.07) is 12.4. The average molecular weight is 481 g/mol. The van der Waals surface area contributed by atoms with Crippen molar-refractivity contribution in [2.24, 2.45) is 5.73 Å². The van der Waals surface area contributed by atoms with Crippen LogP contribution in [0.25, 0.3) is 27.9 Å². The van der Waals surface area contributed by atoms with Gasteiger partial charge < -0.3 is 10.6 Å². The highest BCUT2D eigenvalue weighted by Gasteiger charge is 2.42. The quantitative estimate of drug-likeness (QED) is 0.466. The number of halogens is 1. The van der Waals surface area contributed by atoms with Crippen LogP contribution < -0.4 is 5.73 Å². The lowest BCUT2D eigenvalue weighted by atomic mass is 9.92. The van der Waals surface area contributed by atoms with Crippen molar-refractivity contribution in [1.29, 1.82) is 5.26 Å². The highest BCUT2D eigenvalue weighted by Crippen LogP contribution is 2.38. The van der Waals surface area contributed by atoms with E-state index in [9.17, 15) is 14.4 Å². The molecule has 2 atom stereocenters. The lowest BCUT2D eigenvalue weighted by Crippen LogP contribution is -2.50. The molecule has 4 heterocycles. The fourth-order valence-corrected chi connectivity index (χ4v) is 5.77. The average Bonchev–Trinajstić information content (AvgIpc) is 3.39. The Kier molecular flexibility index (Phi) is 5.31. The van der Waals surface area contributed by atoms with Crippen LogP contribution in [0.5, 0.6) is 0 Å². The van der Waals surface area contributed by atoms with E-state index in [0.29, 0.717) is 16.7 Å². The minimum Gasteiger partial charge on any atom is -0.333 e. The van der Waals surface area contributed by atoms with Gasteiger partial charge in [0.05, 0.1) is 11.8 Å². The van der Waals surface area contributed by atoms with E-state index in [1.807, 2.05) is 42.3 Å². The van der Waals surface area contributed by atoms with Crippen molar-refractivity contribution in [1.82, 2.24) is 19.5 Å². The molecular formula is C28H25FN6O. The number of hydrogen-bond acceptors (Lipinski definition) is 5. The van der Waals surface area contributed by atoms with Gasteiger partial charge in [0, 0.05) is 47.2 Å². The number of carbonyl (C=O) groups is 1. The first-order valence-corrected chi connectivity index (χ1v) is 12.2. The van der Waals surface area contributed by atoms with Crippen molar-refractivity contribution in [3.63, 3.8) is 0 Å². The smallest absolute Gasteiger partial charge is 0.254 e. The van der Waals surface area contributed by atoms with Gasteiger partial charge in [0.1, 0.15) is 11.9 Å². The Bertz CT molecular complexity index is 1540. The van der Waals surface area contributed by atoms with Crippen LogP contribution in [-0.4, -0.2) is 43.5 Å². The minimum absolute atomic E-state index is 0.0207. The van der Waals surface area contributed by atoms with Crippen LogP contribution in [-0.2, 0) is 0 Å². The molecule has 0 radical (unpaired) electrons. The molecule has 2 aromatic heterocycles. The summed E-state index contributed by atoms with van der Waals surface area (Å²) in [5.41, 5.74) is 11.3. The molecule has 0 spiro atoms. The molecule has 1 amide bonds. The molecule has 2 bridgehead atoms. The van der Waals surface area contributed by atoms with E-state index < -0.39 is 5.82 Å². The fourth-order valence-electron chi connectivity index (χ4n) is 5.77. The molecule has 7 nitrogen and oxygen atoms in total. The molecule has 180 valence electrons. The molecule has 2 fully saturated rings. The molecule has 6 rings (SSSR count). The standard InChI is InChI=1S/C28H25FN6O/c1-16-13-33-34-15-20(14-32-27(16)34)24-7-4-18(8-25(24)17-2-3-19(12-30)26(29)9-17)28(36)35-22-5-6-23(35)11-21(31)10-22/h2-4,7-9,13-15,21-23H,5-6,10-11,31H2,1H3. The first-order valence-electron chi connectivity index (χ1n) is 12.2. The molecule has 2 saturated heterocycles. The van der Waals surface area contributed by atoms with Gasteiger partial charge in [0.15, 0.2) is 5.65 Å². The van der Waals surface area contributed by atoms with Crippen molar-refractivity contribution >= 4 is 11.6 Å². The second-order valence-corrected chi connectivity index (χ2v) is 9.83. The van der Waals surface area contributed by atoms with E-state index in [0.717, 1.165) is 48.0 Å². The molecule has 2 aliphatic heterocycles. The maximum Gasteiger partial charge on any atom is 0.254 e. The Morgan fingerprint density at radius 2 is 1.86 bits per heavy atom. The van der Waals surface area contributed by atoms with Gasteiger partial charge >= 0.3 is 0 Å². The topological polar surface area (TPSA) is 100 Å². The number of amides is 1. The lowest BCUT2D eigenvalue weighted by molar-refractivity contribution is 0.0575. The van der Waals surface area contributed by atoms with Crippen LogP contribution in [0, 0.1) is 24.1 Å². The molecule has 4 aromatic rings. The van der Waals surface area contributed by atoms with Crippen molar-refractivity contribution in [2.75, 3.05) is 0 Å².